The van der Waals surface area contributed by atoms with E-state index in [1.165, 1.54) is 12.1 Å². The quantitative estimate of drug-likeness (QED) is 0.360. The van der Waals surface area contributed by atoms with Gasteiger partial charge in [0.15, 0.2) is 12.4 Å². The highest BCUT2D eigenvalue weighted by atomic mass is 35.5. The Morgan fingerprint density at radius 3 is 2.56 bits per heavy atom. The summed E-state index contributed by atoms with van der Waals surface area (Å²) in [4.78, 5) is 25.7. The van der Waals surface area contributed by atoms with Gasteiger partial charge in [-0.3, -0.25) is 9.59 Å². The standard InChI is InChI=1S/C25H19ClFNO4/c1-14-7-8-16(12-19(14)27)24(30)25-23(18-5-3-4-6-21(18)32-25)28-22(29)13-31-20-10-9-17(26)11-15(20)2/h3-12H,13H2,1-2H3,(H,28,29). The van der Waals surface area contributed by atoms with Crippen LogP contribution in [0.25, 0.3) is 11.0 Å². The lowest BCUT2D eigenvalue weighted by molar-refractivity contribution is -0.118. The van der Waals surface area contributed by atoms with Gasteiger partial charge < -0.3 is 14.5 Å². The van der Waals surface area contributed by atoms with Crippen molar-refractivity contribution in [1.82, 2.24) is 0 Å². The van der Waals surface area contributed by atoms with Crippen molar-refractivity contribution < 1.29 is 23.1 Å². The van der Waals surface area contributed by atoms with Crippen LogP contribution in [0.15, 0.2) is 65.1 Å². The van der Waals surface area contributed by atoms with Gasteiger partial charge in [-0.05, 0) is 61.4 Å². The molecule has 7 heteroatoms. The molecule has 0 saturated carbocycles. The molecular weight excluding hydrogens is 433 g/mol. The van der Waals surface area contributed by atoms with Crippen molar-refractivity contribution in [1.29, 1.82) is 0 Å². The summed E-state index contributed by atoms with van der Waals surface area (Å²) in [6.07, 6.45) is 0. The molecule has 0 saturated heterocycles. The Bertz CT molecular complexity index is 1350. The fourth-order valence-corrected chi connectivity index (χ4v) is 3.51. The molecule has 0 spiro atoms. The number of carbonyl (C=O) groups excluding carboxylic acids is 2. The molecule has 1 aromatic heterocycles. The van der Waals surface area contributed by atoms with Gasteiger partial charge >= 0.3 is 0 Å². The fourth-order valence-electron chi connectivity index (χ4n) is 3.29. The van der Waals surface area contributed by atoms with Crippen LogP contribution < -0.4 is 10.1 Å². The molecule has 1 heterocycles. The monoisotopic (exact) mass is 451 g/mol. The molecule has 1 N–H and O–H groups in total. The molecule has 4 aromatic rings. The van der Waals surface area contributed by atoms with E-state index in [-0.39, 0.29) is 23.6 Å². The van der Waals surface area contributed by atoms with Gasteiger partial charge in [0.1, 0.15) is 17.1 Å². The maximum absolute atomic E-state index is 14.0. The van der Waals surface area contributed by atoms with E-state index in [0.29, 0.717) is 27.3 Å². The predicted molar refractivity (Wildman–Crippen MR) is 121 cm³/mol. The number of para-hydroxylation sites is 1. The molecule has 4 rings (SSSR count). The third-order valence-corrected chi connectivity index (χ3v) is 5.23. The Kier molecular flexibility index (Phi) is 5.97. The van der Waals surface area contributed by atoms with Crippen LogP contribution in [-0.4, -0.2) is 18.3 Å². The van der Waals surface area contributed by atoms with Crippen LogP contribution in [0.1, 0.15) is 27.2 Å². The molecule has 32 heavy (non-hydrogen) atoms. The van der Waals surface area contributed by atoms with E-state index in [1.807, 2.05) is 6.92 Å². The second kappa shape index (κ2) is 8.85. The SMILES string of the molecule is Cc1ccc(C(=O)c2oc3ccccc3c2NC(=O)COc2ccc(Cl)cc2C)cc1F. The van der Waals surface area contributed by atoms with Crippen LogP contribution >= 0.6 is 11.6 Å². The van der Waals surface area contributed by atoms with Crippen LogP contribution in [0.2, 0.25) is 5.02 Å². The molecule has 162 valence electrons. The smallest absolute Gasteiger partial charge is 0.262 e. The average molecular weight is 452 g/mol. The Balaban J connectivity index is 1.62. The normalized spacial score (nSPS) is 10.9. The van der Waals surface area contributed by atoms with Crippen molar-refractivity contribution in [3.63, 3.8) is 0 Å². The molecule has 0 aliphatic rings. The summed E-state index contributed by atoms with van der Waals surface area (Å²) in [6, 6.07) is 16.2. The average Bonchev–Trinajstić information content (AvgIpc) is 3.13. The third kappa shape index (κ3) is 4.36. The van der Waals surface area contributed by atoms with E-state index in [4.69, 9.17) is 20.8 Å². The molecule has 0 aliphatic carbocycles. The zero-order valence-electron chi connectivity index (χ0n) is 17.4. The highest BCUT2D eigenvalue weighted by Crippen LogP contribution is 2.33. The number of aryl methyl sites for hydroxylation is 2. The predicted octanol–water partition coefficient (Wildman–Crippen LogP) is 6.09. The van der Waals surface area contributed by atoms with E-state index in [9.17, 15) is 14.0 Å². The number of hydrogen-bond acceptors (Lipinski definition) is 4. The molecule has 0 unspecified atom stereocenters. The Morgan fingerprint density at radius 1 is 1.03 bits per heavy atom. The molecule has 0 fully saturated rings. The van der Waals surface area contributed by atoms with Crippen molar-refractivity contribution >= 4 is 39.9 Å². The molecular formula is C25H19ClFNO4. The van der Waals surface area contributed by atoms with Crippen LogP contribution in [0.5, 0.6) is 5.75 Å². The Morgan fingerprint density at radius 2 is 1.81 bits per heavy atom. The highest BCUT2D eigenvalue weighted by Gasteiger charge is 2.24. The lowest BCUT2D eigenvalue weighted by Crippen LogP contribution is -2.21. The number of ketones is 1. The van der Waals surface area contributed by atoms with Gasteiger partial charge in [0.05, 0.1) is 5.69 Å². The maximum atomic E-state index is 14.0. The lowest BCUT2D eigenvalue weighted by atomic mass is 10.0. The summed E-state index contributed by atoms with van der Waals surface area (Å²) in [5.41, 5.74) is 1.97. The first kappa shape index (κ1) is 21.6. The number of anilines is 1. The van der Waals surface area contributed by atoms with Crippen molar-refractivity contribution in [3.8, 4) is 5.75 Å². The van der Waals surface area contributed by atoms with Crippen LogP contribution in [0.4, 0.5) is 10.1 Å². The number of fused-ring (bicyclic) bond motifs is 1. The third-order valence-electron chi connectivity index (χ3n) is 5.00. The minimum atomic E-state index is -0.537. The summed E-state index contributed by atoms with van der Waals surface area (Å²) < 4.78 is 25.3. The molecule has 1 amide bonds. The van der Waals surface area contributed by atoms with E-state index >= 15 is 0 Å². The van der Waals surface area contributed by atoms with E-state index < -0.39 is 17.5 Å². The van der Waals surface area contributed by atoms with Crippen LogP contribution in [0.3, 0.4) is 0 Å². The summed E-state index contributed by atoms with van der Waals surface area (Å²) in [7, 11) is 0. The molecule has 0 bridgehead atoms. The number of halogens is 2. The second-order valence-corrected chi connectivity index (χ2v) is 7.78. The van der Waals surface area contributed by atoms with Gasteiger partial charge in [0, 0.05) is 16.0 Å². The van der Waals surface area contributed by atoms with Gasteiger partial charge in [-0.2, -0.15) is 0 Å². The Hall–Kier alpha value is -3.64. The molecule has 5 nitrogen and oxygen atoms in total. The number of carbonyl (C=O) groups is 2. The van der Waals surface area contributed by atoms with E-state index in [1.54, 1.807) is 49.4 Å². The topological polar surface area (TPSA) is 68.5 Å². The maximum Gasteiger partial charge on any atom is 0.262 e. The first-order valence-electron chi connectivity index (χ1n) is 9.84. The summed E-state index contributed by atoms with van der Waals surface area (Å²) in [5, 5.41) is 3.84. The van der Waals surface area contributed by atoms with Crippen molar-refractivity contribution in [3.05, 3.63) is 94.0 Å². The van der Waals surface area contributed by atoms with Gasteiger partial charge in [-0.25, -0.2) is 4.39 Å². The number of hydrogen-bond donors (Lipinski definition) is 1. The zero-order valence-corrected chi connectivity index (χ0v) is 18.1. The van der Waals surface area contributed by atoms with Gasteiger partial charge in [0.25, 0.3) is 5.91 Å². The van der Waals surface area contributed by atoms with Gasteiger partial charge in [-0.15, -0.1) is 0 Å². The second-order valence-electron chi connectivity index (χ2n) is 7.34. The Labute approximate surface area is 188 Å². The summed E-state index contributed by atoms with van der Waals surface area (Å²) >= 11 is 5.95. The molecule has 0 atom stereocenters. The number of amides is 1. The summed E-state index contributed by atoms with van der Waals surface area (Å²) in [6.45, 7) is 3.15. The molecule has 0 radical (unpaired) electrons. The van der Waals surface area contributed by atoms with E-state index in [0.717, 1.165) is 11.6 Å². The number of rotatable bonds is 6. The number of nitrogens with one attached hydrogen (secondary N) is 1. The largest absolute Gasteiger partial charge is 0.483 e. The minimum Gasteiger partial charge on any atom is -0.483 e. The van der Waals surface area contributed by atoms with Gasteiger partial charge in [0.2, 0.25) is 5.78 Å². The van der Waals surface area contributed by atoms with Gasteiger partial charge in [-0.1, -0.05) is 35.9 Å². The first-order valence-corrected chi connectivity index (χ1v) is 10.2. The fraction of sp³-hybridized carbons (Fsp3) is 0.120. The van der Waals surface area contributed by atoms with Crippen molar-refractivity contribution in [2.24, 2.45) is 0 Å². The number of ether oxygens (including phenoxy) is 1. The first-order chi connectivity index (χ1) is 15.3. The zero-order chi connectivity index (χ0) is 22.8. The van der Waals surface area contributed by atoms with Crippen molar-refractivity contribution in [2.45, 2.75) is 13.8 Å². The molecule has 0 aliphatic heterocycles. The van der Waals surface area contributed by atoms with Crippen molar-refractivity contribution in [2.75, 3.05) is 11.9 Å². The minimum absolute atomic E-state index is 0.0783. The van der Waals surface area contributed by atoms with Crippen LogP contribution in [0, 0.1) is 19.7 Å². The highest BCUT2D eigenvalue weighted by molar-refractivity contribution is 6.30. The summed E-state index contributed by atoms with van der Waals surface area (Å²) in [5.74, 6) is -1.07. The lowest BCUT2D eigenvalue weighted by Gasteiger charge is -2.10. The molecule has 3 aromatic carbocycles. The van der Waals surface area contributed by atoms with Crippen LogP contribution in [-0.2, 0) is 4.79 Å². The number of furan rings is 1. The van der Waals surface area contributed by atoms with E-state index in [2.05, 4.69) is 5.32 Å². The number of benzene rings is 3.